The minimum Gasteiger partial charge on any atom is -0.477 e. The summed E-state index contributed by atoms with van der Waals surface area (Å²) in [5.74, 6) is -0.866. The van der Waals surface area contributed by atoms with Crippen molar-refractivity contribution in [2.45, 2.75) is 20.4 Å². The molecule has 102 valence electrons. The Morgan fingerprint density at radius 2 is 2.00 bits per heavy atom. The number of carboxylic acids is 1. The Kier molecular flexibility index (Phi) is 3.06. The number of fused-ring (bicyclic) bond motifs is 1. The summed E-state index contributed by atoms with van der Waals surface area (Å²) in [6.45, 7) is 4.43. The molecule has 0 radical (unpaired) electrons. The highest BCUT2D eigenvalue weighted by Gasteiger charge is 2.20. The lowest BCUT2D eigenvalue weighted by molar-refractivity contribution is 0.0701. The molecule has 0 bridgehead atoms. The first kappa shape index (κ1) is 12.9. The molecule has 3 rings (SSSR count). The zero-order valence-corrected chi connectivity index (χ0v) is 12.1. The van der Waals surface area contributed by atoms with Crippen LogP contribution >= 0.6 is 11.3 Å². The number of carboxylic acid groups (broad SMARTS) is 1. The van der Waals surface area contributed by atoms with Gasteiger partial charge in [-0.15, -0.1) is 11.3 Å². The lowest BCUT2D eigenvalue weighted by Gasteiger charge is -2.02. The van der Waals surface area contributed by atoms with Crippen molar-refractivity contribution in [3.63, 3.8) is 0 Å². The van der Waals surface area contributed by atoms with Crippen LogP contribution in [0.3, 0.4) is 0 Å². The van der Waals surface area contributed by atoms with E-state index in [2.05, 4.69) is 5.10 Å². The van der Waals surface area contributed by atoms with Crippen LogP contribution in [0, 0.1) is 13.8 Å². The number of nitrogens with zero attached hydrogens (tertiary/aromatic N) is 2. The number of rotatable bonds is 3. The average Bonchev–Trinajstić information content (AvgIpc) is 2.91. The van der Waals surface area contributed by atoms with Gasteiger partial charge >= 0.3 is 5.97 Å². The second-order valence-electron chi connectivity index (χ2n) is 4.77. The lowest BCUT2D eigenvalue weighted by Crippen LogP contribution is -2.01. The molecule has 2 aromatic heterocycles. The molecule has 3 aromatic rings. The Bertz CT molecular complexity index is 787. The van der Waals surface area contributed by atoms with Gasteiger partial charge in [-0.3, -0.25) is 4.68 Å². The molecule has 0 amide bonds. The molecular formula is C15H14N2O2S. The number of hydrogen-bond donors (Lipinski definition) is 1. The standard InChI is InChI=1S/C15H14N2O2S/c1-9-12-10(2)16-17(8-11-6-4-3-5-7-11)14(12)20-13(9)15(18)19/h3-7H,8H2,1-2H3,(H,18,19). The van der Waals surface area contributed by atoms with Crippen molar-refractivity contribution < 1.29 is 9.90 Å². The molecule has 0 spiro atoms. The van der Waals surface area contributed by atoms with E-state index in [1.807, 2.05) is 48.9 Å². The van der Waals surface area contributed by atoms with Crippen molar-refractivity contribution in [1.29, 1.82) is 0 Å². The summed E-state index contributed by atoms with van der Waals surface area (Å²) < 4.78 is 1.89. The summed E-state index contributed by atoms with van der Waals surface area (Å²) in [5, 5.41) is 14.8. The second-order valence-corrected chi connectivity index (χ2v) is 5.77. The van der Waals surface area contributed by atoms with E-state index in [0.717, 1.165) is 27.0 Å². The van der Waals surface area contributed by atoms with Crippen molar-refractivity contribution in [3.8, 4) is 0 Å². The highest BCUT2D eigenvalue weighted by atomic mass is 32.1. The van der Waals surface area contributed by atoms with Gasteiger partial charge in [-0.1, -0.05) is 30.3 Å². The number of aromatic nitrogens is 2. The predicted molar refractivity (Wildman–Crippen MR) is 79.6 cm³/mol. The summed E-state index contributed by atoms with van der Waals surface area (Å²) >= 11 is 1.30. The van der Waals surface area contributed by atoms with E-state index in [-0.39, 0.29) is 0 Å². The number of aryl methyl sites for hydroxylation is 2. The Balaban J connectivity index is 2.13. The van der Waals surface area contributed by atoms with Crippen LogP contribution in [0.25, 0.3) is 10.2 Å². The van der Waals surface area contributed by atoms with Crippen LogP contribution in [-0.2, 0) is 6.54 Å². The Hall–Kier alpha value is -2.14. The third-order valence-corrected chi connectivity index (χ3v) is 4.66. The molecular weight excluding hydrogens is 272 g/mol. The molecule has 0 atom stereocenters. The molecule has 0 aliphatic rings. The zero-order chi connectivity index (χ0) is 14.3. The van der Waals surface area contributed by atoms with Gasteiger partial charge in [0.2, 0.25) is 0 Å². The number of aromatic carboxylic acids is 1. The van der Waals surface area contributed by atoms with Gasteiger partial charge in [0.15, 0.2) is 0 Å². The average molecular weight is 286 g/mol. The second kappa shape index (κ2) is 4.76. The third-order valence-electron chi connectivity index (χ3n) is 3.36. The predicted octanol–water partition coefficient (Wildman–Crippen LogP) is 3.46. The van der Waals surface area contributed by atoms with E-state index in [1.165, 1.54) is 11.3 Å². The summed E-state index contributed by atoms with van der Waals surface area (Å²) in [5.41, 5.74) is 2.85. The fourth-order valence-corrected chi connectivity index (χ4v) is 3.60. The highest BCUT2D eigenvalue weighted by molar-refractivity contribution is 7.20. The molecule has 0 aliphatic heterocycles. The highest BCUT2D eigenvalue weighted by Crippen LogP contribution is 2.33. The first-order chi connectivity index (χ1) is 9.58. The maximum absolute atomic E-state index is 11.3. The molecule has 0 aliphatic carbocycles. The van der Waals surface area contributed by atoms with Crippen LogP contribution in [-0.4, -0.2) is 20.9 Å². The molecule has 2 heterocycles. The molecule has 1 aromatic carbocycles. The molecule has 20 heavy (non-hydrogen) atoms. The Morgan fingerprint density at radius 1 is 1.30 bits per heavy atom. The fourth-order valence-electron chi connectivity index (χ4n) is 2.45. The molecule has 0 fully saturated rings. The van der Waals surface area contributed by atoms with Gasteiger partial charge < -0.3 is 5.11 Å². The maximum atomic E-state index is 11.3. The molecule has 0 saturated carbocycles. The fraction of sp³-hybridized carbons (Fsp3) is 0.200. The minimum atomic E-state index is -0.866. The van der Waals surface area contributed by atoms with E-state index in [0.29, 0.717) is 11.4 Å². The maximum Gasteiger partial charge on any atom is 0.346 e. The van der Waals surface area contributed by atoms with Crippen molar-refractivity contribution in [1.82, 2.24) is 9.78 Å². The van der Waals surface area contributed by atoms with Crippen LogP contribution in [0.4, 0.5) is 0 Å². The Labute approximate surface area is 120 Å². The molecule has 4 nitrogen and oxygen atoms in total. The molecule has 5 heteroatoms. The zero-order valence-electron chi connectivity index (χ0n) is 11.3. The number of carbonyl (C=O) groups is 1. The van der Waals surface area contributed by atoms with Crippen molar-refractivity contribution in [2.75, 3.05) is 0 Å². The largest absolute Gasteiger partial charge is 0.477 e. The van der Waals surface area contributed by atoms with Crippen molar-refractivity contribution in [3.05, 3.63) is 52.0 Å². The minimum absolute atomic E-state index is 0.405. The van der Waals surface area contributed by atoms with Gasteiger partial charge in [0, 0.05) is 5.39 Å². The molecule has 0 saturated heterocycles. The van der Waals surface area contributed by atoms with Crippen LogP contribution in [0.1, 0.15) is 26.5 Å². The molecule has 0 unspecified atom stereocenters. The van der Waals surface area contributed by atoms with Crippen LogP contribution in [0.15, 0.2) is 30.3 Å². The van der Waals surface area contributed by atoms with E-state index < -0.39 is 5.97 Å². The number of hydrogen-bond acceptors (Lipinski definition) is 3. The summed E-state index contributed by atoms with van der Waals surface area (Å²) in [7, 11) is 0. The quantitative estimate of drug-likeness (QED) is 0.802. The van der Waals surface area contributed by atoms with Gasteiger partial charge in [0.1, 0.15) is 9.71 Å². The van der Waals surface area contributed by atoms with Gasteiger partial charge in [0.05, 0.1) is 12.2 Å². The van der Waals surface area contributed by atoms with Gasteiger partial charge in [-0.25, -0.2) is 4.79 Å². The van der Waals surface area contributed by atoms with E-state index >= 15 is 0 Å². The van der Waals surface area contributed by atoms with Crippen LogP contribution < -0.4 is 0 Å². The first-order valence-electron chi connectivity index (χ1n) is 6.31. The molecule has 1 N–H and O–H groups in total. The van der Waals surface area contributed by atoms with Crippen molar-refractivity contribution >= 4 is 27.5 Å². The van der Waals surface area contributed by atoms with E-state index in [9.17, 15) is 9.90 Å². The topological polar surface area (TPSA) is 55.1 Å². The summed E-state index contributed by atoms with van der Waals surface area (Å²) in [4.78, 5) is 12.6. The SMILES string of the molecule is Cc1nn(Cc2ccccc2)c2sc(C(=O)O)c(C)c12. The van der Waals surface area contributed by atoms with Gasteiger partial charge in [-0.05, 0) is 25.0 Å². The lowest BCUT2D eigenvalue weighted by atomic mass is 10.2. The van der Waals surface area contributed by atoms with Crippen LogP contribution in [0.5, 0.6) is 0 Å². The van der Waals surface area contributed by atoms with Gasteiger partial charge in [-0.2, -0.15) is 5.10 Å². The van der Waals surface area contributed by atoms with Crippen LogP contribution in [0.2, 0.25) is 0 Å². The summed E-state index contributed by atoms with van der Waals surface area (Å²) in [6, 6.07) is 10.0. The monoisotopic (exact) mass is 286 g/mol. The van der Waals surface area contributed by atoms with Gasteiger partial charge in [0.25, 0.3) is 0 Å². The normalized spacial score (nSPS) is 11.1. The smallest absolute Gasteiger partial charge is 0.346 e. The Morgan fingerprint density at radius 3 is 2.65 bits per heavy atom. The van der Waals surface area contributed by atoms with E-state index in [1.54, 1.807) is 0 Å². The number of thiophene rings is 1. The van der Waals surface area contributed by atoms with E-state index in [4.69, 9.17) is 0 Å². The van der Waals surface area contributed by atoms with Crippen molar-refractivity contribution in [2.24, 2.45) is 0 Å². The third kappa shape index (κ3) is 2.00. The summed E-state index contributed by atoms with van der Waals surface area (Å²) in [6.07, 6.45) is 0. The number of benzene rings is 1. The first-order valence-corrected chi connectivity index (χ1v) is 7.13.